The van der Waals surface area contributed by atoms with Crippen molar-refractivity contribution in [2.45, 2.75) is 50.0 Å². The quantitative estimate of drug-likeness (QED) is 0.439. The average molecular weight is 537 g/mol. The summed E-state index contributed by atoms with van der Waals surface area (Å²) in [6.07, 6.45) is 5.41. The molecule has 30 heavy (non-hydrogen) atoms. The first-order valence-corrected chi connectivity index (χ1v) is 13.7. The van der Waals surface area contributed by atoms with Gasteiger partial charge in [-0.15, -0.1) is 0 Å². The minimum atomic E-state index is -3.92. The number of hydrogen-bond donors (Lipinski definition) is 2. The summed E-state index contributed by atoms with van der Waals surface area (Å²) in [7, 11) is -3.92. The molecule has 1 atom stereocenters. The third kappa shape index (κ3) is 6.74. The maximum absolute atomic E-state index is 12.5. The van der Waals surface area contributed by atoms with Crippen molar-refractivity contribution in [2.24, 2.45) is 5.92 Å². The summed E-state index contributed by atoms with van der Waals surface area (Å²) in [5.74, 6) is 3.48. The topological polar surface area (TPSA) is 75.3 Å². The van der Waals surface area contributed by atoms with E-state index in [1.165, 1.54) is 22.1 Å². The number of benzene rings is 2. The Kier molecular flexibility index (Phi) is 8.16. The zero-order chi connectivity index (χ0) is 21.4. The van der Waals surface area contributed by atoms with Crippen LogP contribution >= 0.6 is 0 Å². The van der Waals surface area contributed by atoms with Crippen LogP contribution in [0.4, 0.5) is 4.79 Å². The number of nitrogens with one attached hydrogen (secondary N) is 2. The molecule has 2 N–H and O–H groups in total. The number of halogens is 1. The van der Waals surface area contributed by atoms with E-state index in [2.05, 4.69) is 32.0 Å². The molecule has 0 saturated heterocycles. The average Bonchev–Trinajstić information content (AvgIpc) is 2.74. The van der Waals surface area contributed by atoms with Crippen LogP contribution in [0, 0.1) is 26.3 Å². The molecule has 1 unspecified atom stereocenters. The molecule has 1 aliphatic carbocycles. The molecular weight excluding hydrogens is 511 g/mol. The number of sulfonamides is 1. The molecule has 0 radical (unpaired) electrons. The molecule has 158 valence electrons. The third-order valence-electron chi connectivity index (χ3n) is 5.07. The van der Waals surface area contributed by atoms with Crippen LogP contribution in [0.15, 0.2) is 59.5 Å². The Balaban J connectivity index is 1.68. The molecule has 5 nitrogen and oxygen atoms in total. The van der Waals surface area contributed by atoms with Crippen molar-refractivity contribution in [3.8, 4) is 9.85 Å². The van der Waals surface area contributed by atoms with Gasteiger partial charge in [0.05, 0.1) is 10.9 Å². The number of rotatable bonds is 5. The second-order valence-electron chi connectivity index (χ2n) is 7.40. The van der Waals surface area contributed by atoms with Crippen molar-refractivity contribution < 1.29 is 34.4 Å². The zero-order valence-electron chi connectivity index (χ0n) is 16.9. The van der Waals surface area contributed by atoms with E-state index in [0.29, 0.717) is 0 Å². The molecule has 2 aromatic carbocycles. The maximum atomic E-state index is 12.5. The van der Waals surface area contributed by atoms with E-state index in [4.69, 9.17) is 0 Å². The lowest BCUT2D eigenvalue weighted by molar-refractivity contribution is -0.535. The van der Waals surface area contributed by atoms with E-state index in [0.717, 1.165) is 31.2 Å². The number of aryl methyl sites for hydroxylation is 1. The van der Waals surface area contributed by atoms with Gasteiger partial charge in [-0.2, -0.15) is 0 Å². The van der Waals surface area contributed by atoms with Crippen molar-refractivity contribution in [3.63, 3.8) is 0 Å². The van der Waals surface area contributed by atoms with Gasteiger partial charge < -0.3 is 5.32 Å². The van der Waals surface area contributed by atoms with Crippen molar-refractivity contribution in [1.82, 2.24) is 10.0 Å². The molecule has 1 fully saturated rings. The van der Waals surface area contributed by atoms with Gasteiger partial charge in [-0.05, 0) is 55.9 Å². The van der Waals surface area contributed by atoms with E-state index < -0.39 is 37.3 Å². The summed E-state index contributed by atoms with van der Waals surface area (Å²) in [4.78, 5) is 12.6. The first-order valence-electron chi connectivity index (χ1n) is 10.0. The van der Waals surface area contributed by atoms with Crippen LogP contribution in [-0.2, 0) is 10.0 Å². The molecule has 0 aliphatic heterocycles. The second kappa shape index (κ2) is 10.8. The van der Waals surface area contributed by atoms with Gasteiger partial charge in [-0.1, -0.05) is 55.2 Å². The summed E-state index contributed by atoms with van der Waals surface area (Å²) in [5.41, 5.74) is 0.952. The molecular formula is C23H26IN2O3S+. The van der Waals surface area contributed by atoms with Gasteiger partial charge >= 0.3 is 27.2 Å². The Morgan fingerprint density at radius 3 is 2.37 bits per heavy atom. The fourth-order valence-electron chi connectivity index (χ4n) is 3.43. The zero-order valence-corrected chi connectivity index (χ0v) is 19.9. The van der Waals surface area contributed by atoms with Gasteiger partial charge in [0, 0.05) is 0 Å². The standard InChI is InChI=1S/C23H25IN2O3S/c1-18-12-14-21(15-13-18)30(28,29)26-23(27)25-22(19-8-4-2-5-9-19)16-17-24-20-10-6-3-7-11-20/h3,6-7,10-15,19,22H,2,4-5,8-9H2,1H3,(H-,25,26,27)/p+1. The first-order chi connectivity index (χ1) is 14.4. The Bertz CT molecular complexity index is 1010. The highest BCUT2D eigenvalue weighted by Gasteiger charge is 2.26. The monoisotopic (exact) mass is 537 g/mol. The molecule has 1 saturated carbocycles. The first kappa shape index (κ1) is 22.6. The smallest absolute Gasteiger partial charge is 0.323 e. The Hall–Kier alpha value is -2.05. The second-order valence-corrected chi connectivity index (χ2v) is 11.4. The summed E-state index contributed by atoms with van der Waals surface area (Å²) in [6, 6.07) is 15.4. The summed E-state index contributed by atoms with van der Waals surface area (Å²) >= 11 is -0.474. The van der Waals surface area contributed by atoms with Gasteiger partial charge in [-0.3, -0.25) is 0 Å². The molecule has 2 aromatic rings. The molecule has 0 aromatic heterocycles. The van der Waals surface area contributed by atoms with Gasteiger partial charge in [0.2, 0.25) is 3.57 Å². The largest absolute Gasteiger partial charge is 0.419 e. The van der Waals surface area contributed by atoms with Gasteiger partial charge in [0.25, 0.3) is 10.0 Å². The fourth-order valence-corrected chi connectivity index (χ4v) is 5.92. The predicted octanol–water partition coefficient (Wildman–Crippen LogP) is 0.852. The molecule has 3 rings (SSSR count). The van der Waals surface area contributed by atoms with Gasteiger partial charge in [0.1, 0.15) is 0 Å². The van der Waals surface area contributed by atoms with E-state index in [-0.39, 0.29) is 16.9 Å². The Labute approximate surface area is 189 Å². The molecule has 0 heterocycles. The van der Waals surface area contributed by atoms with Crippen LogP contribution in [0.25, 0.3) is 0 Å². The summed E-state index contributed by atoms with van der Waals surface area (Å²) in [6.45, 7) is 1.88. The number of carbonyl (C=O) groups excluding carboxylic acids is 1. The number of urea groups is 1. The molecule has 0 bridgehead atoms. The van der Waals surface area contributed by atoms with E-state index in [1.807, 2.05) is 25.1 Å². The highest BCUT2D eigenvalue weighted by Crippen LogP contribution is 2.26. The predicted molar refractivity (Wildman–Crippen MR) is 113 cm³/mol. The molecule has 1 aliphatic rings. The van der Waals surface area contributed by atoms with Crippen LogP contribution in [0.3, 0.4) is 0 Å². The van der Waals surface area contributed by atoms with Crippen molar-refractivity contribution in [3.05, 3.63) is 63.7 Å². The fraction of sp³-hybridized carbons (Fsp3) is 0.348. The highest BCUT2D eigenvalue weighted by molar-refractivity contribution is 7.90. The van der Waals surface area contributed by atoms with Crippen molar-refractivity contribution in [2.75, 3.05) is 0 Å². The third-order valence-corrected chi connectivity index (χ3v) is 8.34. The van der Waals surface area contributed by atoms with Crippen molar-refractivity contribution >= 4 is 16.1 Å². The SMILES string of the molecule is Cc1ccc(S(=O)(=O)NC(=O)NC(C#C[I+]c2ccccc2)C2CCCCC2)cc1. The van der Waals surface area contributed by atoms with Crippen LogP contribution in [0.5, 0.6) is 0 Å². The number of carbonyl (C=O) groups is 1. The molecule has 7 heteroatoms. The lowest BCUT2D eigenvalue weighted by atomic mass is 9.84. The van der Waals surface area contributed by atoms with E-state index in [9.17, 15) is 13.2 Å². The molecule has 2 amide bonds. The minimum absolute atomic E-state index is 0.0681. The number of amides is 2. The highest BCUT2D eigenvalue weighted by atomic mass is 127. The van der Waals surface area contributed by atoms with Crippen LogP contribution < -0.4 is 31.2 Å². The molecule has 0 spiro atoms. The lowest BCUT2D eigenvalue weighted by Gasteiger charge is -2.27. The van der Waals surface area contributed by atoms with Crippen LogP contribution in [-0.4, -0.2) is 20.5 Å². The maximum Gasteiger partial charge on any atom is 0.419 e. The summed E-state index contributed by atoms with van der Waals surface area (Å²) in [5, 5.41) is 2.83. The minimum Gasteiger partial charge on any atom is -0.323 e. The van der Waals surface area contributed by atoms with E-state index in [1.54, 1.807) is 12.1 Å². The summed E-state index contributed by atoms with van der Waals surface area (Å²) < 4.78 is 31.6. The van der Waals surface area contributed by atoms with Crippen LogP contribution in [0.1, 0.15) is 37.7 Å². The number of hydrogen-bond acceptors (Lipinski definition) is 3. The Morgan fingerprint density at radius 2 is 1.70 bits per heavy atom. The lowest BCUT2D eigenvalue weighted by Crippen LogP contribution is -3.59. The van der Waals surface area contributed by atoms with Crippen molar-refractivity contribution in [1.29, 1.82) is 0 Å². The normalized spacial score (nSPS) is 15.5. The Morgan fingerprint density at radius 1 is 1.03 bits per heavy atom. The van der Waals surface area contributed by atoms with Crippen LogP contribution in [0.2, 0.25) is 0 Å². The van der Waals surface area contributed by atoms with E-state index >= 15 is 0 Å². The van der Waals surface area contributed by atoms with Gasteiger partial charge in [0.15, 0.2) is 3.93 Å². The van der Waals surface area contributed by atoms with Gasteiger partial charge in [-0.25, -0.2) is 17.9 Å².